The molecule has 0 aliphatic heterocycles. The van der Waals surface area contributed by atoms with Gasteiger partial charge in [-0.1, -0.05) is 23.7 Å². The molecular formula is C23H23ClN6O2. The van der Waals surface area contributed by atoms with Crippen molar-refractivity contribution in [3.8, 4) is 5.75 Å². The van der Waals surface area contributed by atoms with Gasteiger partial charge in [0, 0.05) is 17.0 Å². The number of rotatable bonds is 5. The van der Waals surface area contributed by atoms with Gasteiger partial charge in [-0.3, -0.25) is 9.89 Å². The number of aryl methyl sites for hydroxylation is 1. The molecule has 4 aromatic rings. The summed E-state index contributed by atoms with van der Waals surface area (Å²) >= 11 is 6.04. The fourth-order valence-corrected chi connectivity index (χ4v) is 3.12. The third kappa shape index (κ3) is 5.33. The summed E-state index contributed by atoms with van der Waals surface area (Å²) in [6.07, 6.45) is 3.63. The van der Waals surface area contributed by atoms with E-state index in [0.717, 1.165) is 35.2 Å². The highest BCUT2D eigenvalue weighted by atomic mass is 35.5. The lowest BCUT2D eigenvalue weighted by molar-refractivity contribution is -0.117. The molecule has 2 aromatic carbocycles. The van der Waals surface area contributed by atoms with E-state index < -0.39 is 0 Å². The molecule has 0 saturated heterocycles. The van der Waals surface area contributed by atoms with Gasteiger partial charge >= 0.3 is 0 Å². The number of benzene rings is 2. The fourth-order valence-electron chi connectivity index (χ4n) is 2.98. The largest absolute Gasteiger partial charge is 0.497 e. The van der Waals surface area contributed by atoms with Crippen LogP contribution in [0.5, 0.6) is 5.75 Å². The Kier molecular flexibility index (Phi) is 6.51. The lowest BCUT2D eigenvalue weighted by Gasteiger charge is -2.05. The molecule has 1 amide bonds. The molecular weight excluding hydrogens is 428 g/mol. The molecule has 1 aliphatic rings. The Morgan fingerprint density at radius 3 is 2.59 bits per heavy atom. The maximum Gasteiger partial charge on any atom is 0.227 e. The Bertz CT molecular complexity index is 1220. The van der Waals surface area contributed by atoms with E-state index >= 15 is 0 Å². The number of aromatic nitrogens is 4. The van der Waals surface area contributed by atoms with E-state index in [1.807, 2.05) is 55.5 Å². The van der Waals surface area contributed by atoms with Crippen molar-refractivity contribution in [3.63, 3.8) is 0 Å². The first-order valence-electron chi connectivity index (χ1n) is 10.2. The number of para-hydroxylation sites is 1. The number of aromatic amines is 1. The molecule has 8 nitrogen and oxygen atoms in total. The second kappa shape index (κ2) is 9.65. The number of H-pyrrole nitrogens is 1. The summed E-state index contributed by atoms with van der Waals surface area (Å²) in [5, 5.41) is 14.6. The van der Waals surface area contributed by atoms with Gasteiger partial charge in [-0.25, -0.2) is 9.97 Å². The van der Waals surface area contributed by atoms with Crippen molar-refractivity contribution in [2.24, 2.45) is 5.92 Å². The SMILES string of the molecule is COc1ccc(NC(=O)C2CC2)cc1.Cc1ncc(Cl)c(Nc2n[nH]c3ccccc23)n1. The molecule has 1 aliphatic carbocycles. The molecule has 5 rings (SSSR count). The van der Waals surface area contributed by atoms with Crippen LogP contribution in [0.4, 0.5) is 17.3 Å². The predicted octanol–water partition coefficient (Wildman–Crippen LogP) is 5.10. The predicted molar refractivity (Wildman–Crippen MR) is 126 cm³/mol. The molecule has 164 valence electrons. The highest BCUT2D eigenvalue weighted by molar-refractivity contribution is 6.32. The first-order chi connectivity index (χ1) is 15.5. The molecule has 0 unspecified atom stereocenters. The number of carbonyl (C=O) groups is 1. The van der Waals surface area contributed by atoms with Gasteiger partial charge in [0.25, 0.3) is 0 Å². The lowest BCUT2D eigenvalue weighted by atomic mass is 10.2. The molecule has 32 heavy (non-hydrogen) atoms. The highest BCUT2D eigenvalue weighted by Gasteiger charge is 2.29. The number of hydrogen-bond donors (Lipinski definition) is 3. The van der Waals surface area contributed by atoms with Crippen LogP contribution in [0.25, 0.3) is 10.9 Å². The number of ether oxygens (including phenoxy) is 1. The standard InChI is InChI=1S/C12H10ClN5.C11H13NO2/c1-7-14-6-9(13)12(15-7)16-11-8-4-2-3-5-10(8)17-18-11;1-14-10-6-4-9(5-7-10)12-11(13)8-2-3-8/h2-6H,1H3,(H2,14,15,16,17,18);4-8H,2-3H2,1H3,(H,12,13). The Morgan fingerprint density at radius 1 is 1.12 bits per heavy atom. The third-order valence-corrected chi connectivity index (χ3v) is 5.15. The van der Waals surface area contributed by atoms with Crippen LogP contribution in [0.3, 0.4) is 0 Å². The van der Waals surface area contributed by atoms with Crippen LogP contribution in [0.15, 0.2) is 54.7 Å². The summed E-state index contributed by atoms with van der Waals surface area (Å²) in [5.74, 6) is 3.09. The summed E-state index contributed by atoms with van der Waals surface area (Å²) in [6.45, 7) is 1.81. The number of carbonyl (C=O) groups excluding carboxylic acids is 1. The Morgan fingerprint density at radius 2 is 1.88 bits per heavy atom. The number of anilines is 3. The zero-order valence-electron chi connectivity index (χ0n) is 17.7. The number of methoxy groups -OCH3 is 1. The number of nitrogens with zero attached hydrogens (tertiary/aromatic N) is 3. The van der Waals surface area contributed by atoms with Crippen LogP contribution in [0.1, 0.15) is 18.7 Å². The molecule has 1 saturated carbocycles. The summed E-state index contributed by atoms with van der Waals surface area (Å²) < 4.78 is 5.02. The van der Waals surface area contributed by atoms with Gasteiger partial charge in [0.05, 0.1) is 18.8 Å². The molecule has 0 radical (unpaired) electrons. The van der Waals surface area contributed by atoms with Gasteiger partial charge in [0.1, 0.15) is 16.6 Å². The van der Waals surface area contributed by atoms with Crippen LogP contribution in [-0.4, -0.2) is 33.2 Å². The van der Waals surface area contributed by atoms with E-state index in [1.165, 1.54) is 0 Å². The lowest BCUT2D eigenvalue weighted by Crippen LogP contribution is -2.12. The molecule has 0 atom stereocenters. The van der Waals surface area contributed by atoms with E-state index in [9.17, 15) is 4.79 Å². The number of fused-ring (bicyclic) bond motifs is 1. The normalized spacial score (nSPS) is 12.6. The zero-order chi connectivity index (χ0) is 22.5. The first kappa shape index (κ1) is 21.6. The topological polar surface area (TPSA) is 105 Å². The van der Waals surface area contributed by atoms with Crippen LogP contribution in [-0.2, 0) is 4.79 Å². The van der Waals surface area contributed by atoms with Crippen molar-refractivity contribution in [1.82, 2.24) is 20.2 Å². The van der Waals surface area contributed by atoms with Crippen molar-refractivity contribution in [3.05, 3.63) is 65.6 Å². The van der Waals surface area contributed by atoms with Gasteiger partial charge < -0.3 is 15.4 Å². The molecule has 2 heterocycles. The van der Waals surface area contributed by atoms with E-state index in [-0.39, 0.29) is 11.8 Å². The van der Waals surface area contributed by atoms with Crippen molar-refractivity contribution >= 4 is 45.7 Å². The molecule has 3 N–H and O–H groups in total. The van der Waals surface area contributed by atoms with Crippen LogP contribution in [0, 0.1) is 12.8 Å². The molecule has 9 heteroatoms. The summed E-state index contributed by atoms with van der Waals surface area (Å²) in [6, 6.07) is 15.2. The summed E-state index contributed by atoms with van der Waals surface area (Å²) in [5.41, 5.74) is 1.80. The first-order valence-corrected chi connectivity index (χ1v) is 10.6. The van der Waals surface area contributed by atoms with Crippen molar-refractivity contribution < 1.29 is 9.53 Å². The van der Waals surface area contributed by atoms with Gasteiger partial charge in [-0.05, 0) is 56.2 Å². The second-order valence-electron chi connectivity index (χ2n) is 7.35. The Balaban J connectivity index is 0.000000158. The van der Waals surface area contributed by atoms with Crippen molar-refractivity contribution in [2.75, 3.05) is 17.7 Å². The summed E-state index contributed by atoms with van der Waals surface area (Å²) in [4.78, 5) is 19.7. The van der Waals surface area contributed by atoms with Gasteiger partial charge in [0.2, 0.25) is 5.91 Å². The third-order valence-electron chi connectivity index (χ3n) is 4.88. The molecule has 1 fully saturated rings. The minimum absolute atomic E-state index is 0.134. The number of nitrogens with one attached hydrogen (secondary N) is 3. The van der Waals surface area contributed by atoms with Gasteiger partial charge in [-0.2, -0.15) is 5.10 Å². The Labute approximate surface area is 190 Å². The van der Waals surface area contributed by atoms with Crippen molar-refractivity contribution in [2.45, 2.75) is 19.8 Å². The quantitative estimate of drug-likeness (QED) is 0.390. The zero-order valence-corrected chi connectivity index (χ0v) is 18.5. The van der Waals surface area contributed by atoms with Crippen LogP contribution < -0.4 is 15.4 Å². The maximum atomic E-state index is 11.4. The maximum absolute atomic E-state index is 11.4. The number of hydrogen-bond acceptors (Lipinski definition) is 6. The fraction of sp³-hybridized carbons (Fsp3) is 0.217. The minimum atomic E-state index is 0.134. The van der Waals surface area contributed by atoms with Gasteiger partial charge in [-0.15, -0.1) is 0 Å². The van der Waals surface area contributed by atoms with Crippen molar-refractivity contribution in [1.29, 1.82) is 0 Å². The molecule has 0 spiro atoms. The van der Waals surface area contributed by atoms with Crippen LogP contribution >= 0.6 is 11.6 Å². The molecule has 2 aromatic heterocycles. The monoisotopic (exact) mass is 450 g/mol. The Hall–Kier alpha value is -3.65. The van der Waals surface area contributed by atoms with E-state index in [4.69, 9.17) is 16.3 Å². The second-order valence-corrected chi connectivity index (χ2v) is 7.76. The molecule has 0 bridgehead atoms. The van der Waals surface area contributed by atoms with Gasteiger partial charge in [0.15, 0.2) is 11.6 Å². The smallest absolute Gasteiger partial charge is 0.227 e. The van der Waals surface area contributed by atoms with E-state index in [0.29, 0.717) is 22.5 Å². The minimum Gasteiger partial charge on any atom is -0.497 e. The highest BCUT2D eigenvalue weighted by Crippen LogP contribution is 2.30. The average molecular weight is 451 g/mol. The number of halogens is 1. The number of amides is 1. The average Bonchev–Trinajstić information content (AvgIpc) is 3.59. The van der Waals surface area contributed by atoms with E-state index in [2.05, 4.69) is 30.8 Å². The van der Waals surface area contributed by atoms with Crippen LogP contribution in [0.2, 0.25) is 5.02 Å². The summed E-state index contributed by atoms with van der Waals surface area (Å²) in [7, 11) is 1.62. The van der Waals surface area contributed by atoms with E-state index in [1.54, 1.807) is 13.3 Å².